The highest BCUT2D eigenvalue weighted by atomic mass is 16.3. The Morgan fingerprint density at radius 2 is 2.11 bits per heavy atom. The zero-order valence-corrected chi connectivity index (χ0v) is 5.68. The third-order valence-corrected chi connectivity index (χ3v) is 0.969. The molecular weight excluding hydrogens is 116 g/mol. The Hall–Kier alpha value is -0.830. The minimum absolute atomic E-state index is 0.303. The molecule has 0 saturated heterocycles. The highest BCUT2D eigenvalue weighted by Gasteiger charge is 2.14. The van der Waals surface area contributed by atoms with Crippen molar-refractivity contribution in [3.8, 4) is 0 Å². The predicted octanol–water partition coefficient (Wildman–Crippen LogP) is 0.249. The van der Waals surface area contributed by atoms with Crippen molar-refractivity contribution in [3.05, 3.63) is 11.8 Å². The normalized spacial score (nSPS) is 13.4. The van der Waals surface area contributed by atoms with Crippen LogP contribution in [0.3, 0.4) is 0 Å². The van der Waals surface area contributed by atoms with Crippen LogP contribution in [0.15, 0.2) is 11.8 Å². The fourth-order valence-electron chi connectivity index (χ4n) is 0.294. The lowest BCUT2D eigenvalue weighted by Crippen LogP contribution is -2.27. The average molecular weight is 128 g/mol. The van der Waals surface area contributed by atoms with Crippen molar-refractivity contribution in [3.63, 3.8) is 0 Å². The van der Waals surface area contributed by atoms with Gasteiger partial charge in [-0.1, -0.05) is 0 Å². The Morgan fingerprint density at radius 3 is 2.22 bits per heavy atom. The van der Waals surface area contributed by atoms with E-state index in [9.17, 15) is 0 Å². The number of nitrogens with two attached hydrogens (primary N) is 1. The molecule has 0 aliphatic rings. The van der Waals surface area contributed by atoms with E-state index in [1.54, 1.807) is 13.8 Å². The molecule has 0 rings (SSSR count). The summed E-state index contributed by atoms with van der Waals surface area (Å²) in [6.07, 6.45) is 2.41. The summed E-state index contributed by atoms with van der Waals surface area (Å²) < 4.78 is 0. The number of hydrogen-bond acceptors (Lipinski definition) is 3. The zero-order chi connectivity index (χ0) is 7.49. The van der Waals surface area contributed by atoms with Gasteiger partial charge < -0.3 is 16.2 Å². The first-order valence-electron chi connectivity index (χ1n) is 2.67. The van der Waals surface area contributed by atoms with Gasteiger partial charge in [0, 0.05) is 11.9 Å². The SMILES string of the molecule is CC(C)(O)C(N)=CC=N. The Morgan fingerprint density at radius 1 is 1.67 bits per heavy atom. The van der Waals surface area contributed by atoms with E-state index in [1.165, 1.54) is 6.08 Å². The maximum absolute atomic E-state index is 9.12. The molecule has 4 N–H and O–H groups in total. The van der Waals surface area contributed by atoms with E-state index in [0.29, 0.717) is 5.70 Å². The molecule has 0 spiro atoms. The van der Waals surface area contributed by atoms with E-state index >= 15 is 0 Å². The summed E-state index contributed by atoms with van der Waals surface area (Å²) in [6, 6.07) is 0. The highest BCUT2D eigenvalue weighted by molar-refractivity contribution is 5.69. The molecule has 0 aromatic heterocycles. The third kappa shape index (κ3) is 2.87. The van der Waals surface area contributed by atoms with Gasteiger partial charge in [-0.15, -0.1) is 0 Å². The minimum atomic E-state index is -1.00. The number of nitrogens with one attached hydrogen (secondary N) is 1. The lowest BCUT2D eigenvalue weighted by Gasteiger charge is -2.16. The van der Waals surface area contributed by atoms with Crippen LogP contribution in [0.25, 0.3) is 0 Å². The summed E-state index contributed by atoms with van der Waals surface area (Å²) in [5.41, 5.74) is 4.62. The number of allylic oxidation sites excluding steroid dienone is 1. The number of hydrogen-bond donors (Lipinski definition) is 3. The number of rotatable bonds is 2. The van der Waals surface area contributed by atoms with Gasteiger partial charge in [-0.2, -0.15) is 0 Å². The van der Waals surface area contributed by atoms with Gasteiger partial charge >= 0.3 is 0 Å². The van der Waals surface area contributed by atoms with Crippen LogP contribution >= 0.6 is 0 Å². The number of aliphatic hydroxyl groups is 1. The largest absolute Gasteiger partial charge is 0.400 e. The van der Waals surface area contributed by atoms with Crippen LogP contribution in [0.5, 0.6) is 0 Å². The Bertz CT molecular complexity index is 132. The first-order chi connectivity index (χ1) is 3.98. The van der Waals surface area contributed by atoms with Crippen LogP contribution in [-0.2, 0) is 0 Å². The molecule has 0 unspecified atom stereocenters. The fraction of sp³-hybridized carbons (Fsp3) is 0.500. The van der Waals surface area contributed by atoms with Gasteiger partial charge in [0.2, 0.25) is 0 Å². The van der Waals surface area contributed by atoms with Crippen LogP contribution < -0.4 is 5.73 Å². The monoisotopic (exact) mass is 128 g/mol. The summed E-state index contributed by atoms with van der Waals surface area (Å²) >= 11 is 0. The summed E-state index contributed by atoms with van der Waals surface area (Å²) in [4.78, 5) is 0. The van der Waals surface area contributed by atoms with Gasteiger partial charge in [0.1, 0.15) is 0 Å². The van der Waals surface area contributed by atoms with Gasteiger partial charge in [-0.25, -0.2) is 0 Å². The smallest absolute Gasteiger partial charge is 0.0982 e. The zero-order valence-electron chi connectivity index (χ0n) is 5.68. The van der Waals surface area contributed by atoms with E-state index in [2.05, 4.69) is 0 Å². The van der Waals surface area contributed by atoms with Crippen LogP contribution in [0.4, 0.5) is 0 Å². The molecule has 3 heteroatoms. The van der Waals surface area contributed by atoms with Crippen molar-refractivity contribution in [2.75, 3.05) is 0 Å². The maximum Gasteiger partial charge on any atom is 0.0982 e. The van der Waals surface area contributed by atoms with Crippen molar-refractivity contribution in [2.24, 2.45) is 5.73 Å². The second-order valence-electron chi connectivity index (χ2n) is 2.35. The van der Waals surface area contributed by atoms with Gasteiger partial charge in [-0.05, 0) is 19.9 Å². The lowest BCUT2D eigenvalue weighted by atomic mass is 10.1. The molecule has 0 radical (unpaired) electrons. The molecule has 0 saturated carbocycles. The molecule has 0 amide bonds. The molecule has 0 aliphatic heterocycles. The average Bonchev–Trinajstić information content (AvgIpc) is 1.64. The van der Waals surface area contributed by atoms with Crippen LogP contribution in [0.1, 0.15) is 13.8 Å². The van der Waals surface area contributed by atoms with Crippen molar-refractivity contribution in [1.82, 2.24) is 0 Å². The van der Waals surface area contributed by atoms with Crippen molar-refractivity contribution in [2.45, 2.75) is 19.4 Å². The first-order valence-corrected chi connectivity index (χ1v) is 2.67. The molecule has 0 fully saturated rings. The molecule has 0 aromatic carbocycles. The summed E-state index contributed by atoms with van der Waals surface area (Å²) in [5.74, 6) is 0. The molecule has 0 bridgehead atoms. The van der Waals surface area contributed by atoms with Crippen molar-refractivity contribution in [1.29, 1.82) is 5.41 Å². The third-order valence-electron chi connectivity index (χ3n) is 0.969. The topological polar surface area (TPSA) is 70.1 Å². The fourth-order valence-corrected chi connectivity index (χ4v) is 0.294. The van der Waals surface area contributed by atoms with Crippen LogP contribution in [0.2, 0.25) is 0 Å². The molecule has 3 nitrogen and oxygen atoms in total. The molecule has 0 aromatic rings. The minimum Gasteiger partial charge on any atom is -0.400 e. The molecule has 0 aliphatic carbocycles. The van der Waals surface area contributed by atoms with Crippen LogP contribution in [-0.4, -0.2) is 16.9 Å². The predicted molar refractivity (Wildman–Crippen MR) is 37.4 cm³/mol. The molecule has 9 heavy (non-hydrogen) atoms. The Balaban J connectivity index is 4.19. The summed E-state index contributed by atoms with van der Waals surface area (Å²) in [6.45, 7) is 3.14. The maximum atomic E-state index is 9.12. The second-order valence-corrected chi connectivity index (χ2v) is 2.35. The molecule has 0 heterocycles. The lowest BCUT2D eigenvalue weighted by molar-refractivity contribution is 0.118. The molecule has 52 valence electrons. The summed E-state index contributed by atoms with van der Waals surface area (Å²) in [7, 11) is 0. The van der Waals surface area contributed by atoms with E-state index in [1.807, 2.05) is 0 Å². The Labute approximate surface area is 54.7 Å². The van der Waals surface area contributed by atoms with E-state index in [-0.39, 0.29) is 0 Å². The van der Waals surface area contributed by atoms with E-state index in [0.717, 1.165) is 6.21 Å². The Kier molecular flexibility index (Phi) is 2.40. The van der Waals surface area contributed by atoms with Gasteiger partial charge in [0.15, 0.2) is 0 Å². The van der Waals surface area contributed by atoms with E-state index in [4.69, 9.17) is 16.2 Å². The van der Waals surface area contributed by atoms with Gasteiger partial charge in [-0.3, -0.25) is 0 Å². The first kappa shape index (κ1) is 8.17. The molecule has 0 atom stereocenters. The van der Waals surface area contributed by atoms with Gasteiger partial charge in [0.25, 0.3) is 0 Å². The van der Waals surface area contributed by atoms with Gasteiger partial charge in [0.05, 0.1) is 5.60 Å². The quantitative estimate of drug-likeness (QED) is 0.466. The summed E-state index contributed by atoms with van der Waals surface area (Å²) in [5, 5.41) is 15.7. The second kappa shape index (κ2) is 2.64. The van der Waals surface area contributed by atoms with Crippen molar-refractivity contribution >= 4 is 6.21 Å². The standard InChI is InChI=1S/C6H12N2O/c1-6(2,9)5(8)3-4-7/h3-4,7,9H,8H2,1-2H3. The van der Waals surface area contributed by atoms with Crippen LogP contribution in [0, 0.1) is 5.41 Å². The molecular formula is C6H12N2O. The van der Waals surface area contributed by atoms with E-state index < -0.39 is 5.60 Å². The highest BCUT2D eigenvalue weighted by Crippen LogP contribution is 2.07. The van der Waals surface area contributed by atoms with Crippen molar-refractivity contribution < 1.29 is 5.11 Å².